The molecule has 102 valence electrons. The van der Waals surface area contributed by atoms with Crippen LogP contribution in [0.1, 0.15) is 25.1 Å². The summed E-state index contributed by atoms with van der Waals surface area (Å²) >= 11 is 0. The molecule has 0 fully saturated rings. The third kappa shape index (κ3) is 2.27. The summed E-state index contributed by atoms with van der Waals surface area (Å²) in [5.41, 5.74) is 3.62. The van der Waals surface area contributed by atoms with Gasteiger partial charge in [0.25, 0.3) is 0 Å². The van der Waals surface area contributed by atoms with E-state index in [1.165, 1.54) is 0 Å². The van der Waals surface area contributed by atoms with Crippen LogP contribution in [0.15, 0.2) is 42.6 Å². The third-order valence-electron chi connectivity index (χ3n) is 3.48. The van der Waals surface area contributed by atoms with Gasteiger partial charge < -0.3 is 9.94 Å². The molecule has 2 heterocycles. The maximum atomic E-state index is 11.4. The van der Waals surface area contributed by atoms with Gasteiger partial charge in [-0.15, -0.1) is 0 Å². The van der Waals surface area contributed by atoms with Crippen LogP contribution in [-0.4, -0.2) is 5.60 Å². The highest BCUT2D eigenvalue weighted by Crippen LogP contribution is 2.33. The largest absolute Gasteiger partial charge is 0.619 e. The summed E-state index contributed by atoms with van der Waals surface area (Å²) < 4.78 is 6.78. The van der Waals surface area contributed by atoms with Gasteiger partial charge in [-0.25, -0.2) is 0 Å². The Balaban J connectivity index is 2.03. The normalized spacial score (nSPS) is 15.6. The first kappa shape index (κ1) is 12.7. The van der Waals surface area contributed by atoms with Crippen molar-refractivity contribution in [3.63, 3.8) is 0 Å². The van der Waals surface area contributed by atoms with E-state index in [1.54, 1.807) is 13.1 Å². The Morgan fingerprint density at radius 2 is 1.85 bits per heavy atom. The second kappa shape index (κ2) is 4.37. The summed E-state index contributed by atoms with van der Waals surface area (Å²) in [5, 5.41) is 11.4. The van der Waals surface area contributed by atoms with E-state index in [1.807, 2.05) is 38.1 Å². The van der Waals surface area contributed by atoms with Crippen molar-refractivity contribution in [1.29, 1.82) is 0 Å². The molecule has 0 saturated carbocycles. The lowest BCUT2D eigenvalue weighted by Crippen LogP contribution is -2.28. The minimum absolute atomic E-state index is 0.258. The zero-order valence-electron chi connectivity index (χ0n) is 11.9. The average Bonchev–Trinajstić information content (AvgIpc) is 2.40. The Labute approximate surface area is 118 Å². The van der Waals surface area contributed by atoms with Gasteiger partial charge >= 0.3 is 0 Å². The van der Waals surface area contributed by atoms with E-state index in [9.17, 15) is 5.21 Å². The fraction of sp³-hybridized carbons (Fsp3) is 0.235. The molecule has 1 aliphatic heterocycles. The molecule has 0 spiro atoms. The molecule has 0 atom stereocenters. The minimum atomic E-state index is -0.258. The van der Waals surface area contributed by atoms with Crippen LogP contribution in [0, 0.1) is 12.1 Å². The zero-order valence-corrected chi connectivity index (χ0v) is 11.9. The average molecular weight is 267 g/mol. The van der Waals surface area contributed by atoms with Crippen molar-refractivity contribution in [1.82, 2.24) is 0 Å². The Kier molecular flexibility index (Phi) is 2.78. The number of ether oxygens (including phenoxy) is 1. The van der Waals surface area contributed by atoms with E-state index >= 15 is 0 Å². The molecule has 1 aromatic carbocycles. The zero-order chi connectivity index (χ0) is 14.3. The molecule has 3 rings (SSSR count). The summed E-state index contributed by atoms with van der Waals surface area (Å²) in [4.78, 5) is 0. The topological polar surface area (TPSA) is 36.2 Å². The number of benzene rings is 1. The second-order valence-electron chi connectivity index (χ2n) is 5.67. The van der Waals surface area contributed by atoms with Gasteiger partial charge in [0.15, 0.2) is 11.9 Å². The molecule has 2 aromatic rings. The van der Waals surface area contributed by atoms with Gasteiger partial charge in [0.05, 0.1) is 0 Å². The van der Waals surface area contributed by atoms with Crippen molar-refractivity contribution < 1.29 is 9.47 Å². The Bertz CT molecular complexity index is 702. The molecule has 0 amide bonds. The smallest absolute Gasteiger partial charge is 0.190 e. The van der Waals surface area contributed by atoms with Crippen LogP contribution in [0.5, 0.6) is 5.75 Å². The molecule has 0 unspecified atom stereocenters. The van der Waals surface area contributed by atoms with Crippen molar-refractivity contribution in [3.05, 3.63) is 59.1 Å². The maximum absolute atomic E-state index is 11.4. The molecule has 20 heavy (non-hydrogen) atoms. The van der Waals surface area contributed by atoms with Gasteiger partial charge in [0.2, 0.25) is 0 Å². The van der Waals surface area contributed by atoms with Crippen molar-refractivity contribution in [3.8, 4) is 16.9 Å². The Morgan fingerprint density at radius 3 is 2.60 bits per heavy atom. The number of pyridine rings is 1. The highest BCUT2D eigenvalue weighted by Gasteiger charge is 2.21. The van der Waals surface area contributed by atoms with Crippen LogP contribution in [0.2, 0.25) is 0 Å². The maximum Gasteiger partial charge on any atom is 0.190 e. The number of rotatable bonds is 1. The molecule has 0 saturated heterocycles. The van der Waals surface area contributed by atoms with Gasteiger partial charge in [-0.1, -0.05) is 12.1 Å². The summed E-state index contributed by atoms with van der Waals surface area (Å²) in [5.74, 6) is 0.896. The van der Waals surface area contributed by atoms with E-state index in [-0.39, 0.29) is 5.60 Å². The van der Waals surface area contributed by atoms with Gasteiger partial charge in [-0.05, 0) is 43.2 Å². The summed E-state index contributed by atoms with van der Waals surface area (Å²) in [6.07, 6.45) is 5.69. The van der Waals surface area contributed by atoms with Crippen LogP contribution in [0.25, 0.3) is 17.2 Å². The molecular weight excluding hydrogens is 250 g/mol. The van der Waals surface area contributed by atoms with Crippen LogP contribution in [-0.2, 0) is 0 Å². The first-order valence-electron chi connectivity index (χ1n) is 6.67. The molecule has 0 aliphatic carbocycles. The van der Waals surface area contributed by atoms with Crippen molar-refractivity contribution >= 4 is 6.08 Å². The lowest BCUT2D eigenvalue weighted by atomic mass is 9.98. The van der Waals surface area contributed by atoms with E-state index in [0.717, 1.165) is 27.2 Å². The number of hydrogen-bond donors (Lipinski definition) is 0. The predicted molar refractivity (Wildman–Crippen MR) is 79.3 cm³/mol. The van der Waals surface area contributed by atoms with Crippen LogP contribution >= 0.6 is 0 Å². The van der Waals surface area contributed by atoms with E-state index in [0.29, 0.717) is 5.69 Å². The molecule has 3 heteroatoms. The lowest BCUT2D eigenvalue weighted by Gasteiger charge is -2.28. The molecule has 0 bridgehead atoms. The molecule has 1 aliphatic rings. The van der Waals surface area contributed by atoms with Crippen LogP contribution in [0.3, 0.4) is 0 Å². The molecule has 1 aromatic heterocycles. The third-order valence-corrected chi connectivity index (χ3v) is 3.48. The van der Waals surface area contributed by atoms with Crippen LogP contribution in [0.4, 0.5) is 0 Å². The van der Waals surface area contributed by atoms with Crippen LogP contribution < -0.4 is 9.47 Å². The molecule has 0 N–H and O–H groups in total. The van der Waals surface area contributed by atoms with E-state index in [4.69, 9.17) is 4.74 Å². The quantitative estimate of drug-likeness (QED) is 0.586. The summed E-state index contributed by atoms with van der Waals surface area (Å²) in [6, 6.07) is 9.83. The van der Waals surface area contributed by atoms with Gasteiger partial charge in [0.1, 0.15) is 11.4 Å². The number of nitrogens with zero attached hydrogens (tertiary/aromatic N) is 1. The van der Waals surface area contributed by atoms with Crippen molar-refractivity contribution in [2.75, 3.05) is 0 Å². The number of fused-ring (bicyclic) bond motifs is 1. The first-order chi connectivity index (χ1) is 9.44. The fourth-order valence-corrected chi connectivity index (χ4v) is 2.34. The van der Waals surface area contributed by atoms with Gasteiger partial charge in [-0.3, -0.25) is 0 Å². The predicted octanol–water partition coefficient (Wildman–Crippen LogP) is 3.48. The summed E-state index contributed by atoms with van der Waals surface area (Å²) in [7, 11) is 0. The first-order valence-corrected chi connectivity index (χ1v) is 6.67. The lowest BCUT2D eigenvalue weighted by molar-refractivity contribution is -0.612. The number of hydrogen-bond acceptors (Lipinski definition) is 2. The van der Waals surface area contributed by atoms with Gasteiger partial charge in [0, 0.05) is 24.6 Å². The second-order valence-corrected chi connectivity index (χ2v) is 5.67. The van der Waals surface area contributed by atoms with Crippen molar-refractivity contribution in [2.24, 2.45) is 0 Å². The van der Waals surface area contributed by atoms with E-state index in [2.05, 4.69) is 18.2 Å². The highest BCUT2D eigenvalue weighted by molar-refractivity contribution is 5.71. The molecule has 0 radical (unpaired) electrons. The number of aryl methyl sites for hydroxylation is 1. The van der Waals surface area contributed by atoms with E-state index < -0.39 is 0 Å². The highest BCUT2D eigenvalue weighted by atomic mass is 16.5. The van der Waals surface area contributed by atoms with Crippen molar-refractivity contribution in [2.45, 2.75) is 26.4 Å². The SMILES string of the molecule is Cc1cc(-c2ccc3c(c2)C=CC(C)(C)O3)cc[n+]1[O-]. The minimum Gasteiger partial charge on any atom is -0.619 e. The monoisotopic (exact) mass is 267 g/mol. The molecule has 3 nitrogen and oxygen atoms in total. The van der Waals surface area contributed by atoms with Gasteiger partial charge in [-0.2, -0.15) is 4.73 Å². The number of aromatic nitrogens is 1. The molecular formula is C17H17NO2. The Hall–Kier alpha value is -2.29. The Morgan fingerprint density at radius 1 is 1.10 bits per heavy atom. The fourth-order valence-electron chi connectivity index (χ4n) is 2.34. The summed E-state index contributed by atoms with van der Waals surface area (Å²) in [6.45, 7) is 5.88. The standard InChI is InChI=1S/C17H17NO2/c1-12-10-14(7-9-18(12)19)13-4-5-16-15(11-13)6-8-17(2,3)20-16/h4-11H,1-3H3.